The summed E-state index contributed by atoms with van der Waals surface area (Å²) in [5, 5.41) is 9.93. The van der Waals surface area contributed by atoms with Crippen LogP contribution in [0.3, 0.4) is 0 Å². The van der Waals surface area contributed by atoms with Crippen molar-refractivity contribution in [2.45, 2.75) is 20.8 Å². The molecule has 4 rings (SSSR count). The molecule has 0 aliphatic rings. The number of nitrogens with zero attached hydrogens (tertiary/aromatic N) is 3. The maximum Gasteiger partial charge on any atom is 0.260 e. The Bertz CT molecular complexity index is 1100. The molecule has 2 N–H and O–H groups in total. The largest absolute Gasteiger partial charge is 0.415 e. The third-order valence-corrected chi connectivity index (χ3v) is 5.73. The molecule has 3 aromatic heterocycles. The number of pyridine rings is 1. The molecule has 3 heterocycles. The number of hydrogen-bond acceptors (Lipinski definition) is 6. The van der Waals surface area contributed by atoms with Crippen LogP contribution in [0.1, 0.15) is 16.8 Å². The fourth-order valence-corrected chi connectivity index (χ4v) is 4.00. The molecule has 0 spiro atoms. The van der Waals surface area contributed by atoms with Gasteiger partial charge in [0.25, 0.3) is 5.89 Å². The number of rotatable bonds is 2. The van der Waals surface area contributed by atoms with Gasteiger partial charge in [-0.05, 0) is 56.2 Å². The van der Waals surface area contributed by atoms with E-state index in [0.717, 1.165) is 37.5 Å². The molecule has 0 saturated carbocycles. The van der Waals surface area contributed by atoms with Crippen molar-refractivity contribution in [3.05, 3.63) is 46.1 Å². The molecule has 4 aromatic rings. The van der Waals surface area contributed by atoms with Crippen LogP contribution in [0.4, 0.5) is 5.69 Å². The van der Waals surface area contributed by atoms with Crippen LogP contribution in [-0.4, -0.2) is 15.2 Å². The molecule has 0 saturated heterocycles. The van der Waals surface area contributed by atoms with E-state index >= 15 is 0 Å². The molecule has 0 aliphatic heterocycles. The third kappa shape index (κ3) is 2.58. The summed E-state index contributed by atoms with van der Waals surface area (Å²) >= 11 is 7.39. The van der Waals surface area contributed by atoms with Crippen LogP contribution >= 0.6 is 22.9 Å². The van der Waals surface area contributed by atoms with Gasteiger partial charge < -0.3 is 10.2 Å². The molecule has 0 atom stereocenters. The lowest BCUT2D eigenvalue weighted by atomic mass is 10.1. The zero-order valence-corrected chi connectivity index (χ0v) is 15.5. The van der Waals surface area contributed by atoms with Crippen molar-refractivity contribution in [1.29, 1.82) is 0 Å². The molecule has 0 bridgehead atoms. The lowest BCUT2D eigenvalue weighted by molar-refractivity contribution is 0.586. The number of aryl methyl sites for hydroxylation is 2. The van der Waals surface area contributed by atoms with Gasteiger partial charge in [-0.2, -0.15) is 0 Å². The van der Waals surface area contributed by atoms with E-state index in [2.05, 4.69) is 29.0 Å². The minimum Gasteiger partial charge on any atom is -0.415 e. The standard InChI is InChI=1S/C18H15ClN4OS/c1-8-9(2)13-14(20)15(25-18(13)21-10(8)3)17-23-22-16(24-17)11-4-6-12(19)7-5-11/h4-7H,20H2,1-3H3. The van der Waals surface area contributed by atoms with Gasteiger partial charge in [-0.15, -0.1) is 21.5 Å². The normalized spacial score (nSPS) is 11.4. The zero-order chi connectivity index (χ0) is 17.7. The molecule has 25 heavy (non-hydrogen) atoms. The summed E-state index contributed by atoms with van der Waals surface area (Å²) < 4.78 is 5.84. The summed E-state index contributed by atoms with van der Waals surface area (Å²) in [7, 11) is 0. The van der Waals surface area contributed by atoms with Gasteiger partial charge >= 0.3 is 0 Å². The van der Waals surface area contributed by atoms with Gasteiger partial charge in [-0.3, -0.25) is 0 Å². The van der Waals surface area contributed by atoms with Gasteiger partial charge in [0, 0.05) is 21.7 Å². The van der Waals surface area contributed by atoms with Crippen LogP contribution in [0.25, 0.3) is 32.4 Å². The predicted molar refractivity (Wildman–Crippen MR) is 102 cm³/mol. The average Bonchev–Trinajstić information content (AvgIpc) is 3.18. The van der Waals surface area contributed by atoms with E-state index in [9.17, 15) is 0 Å². The van der Waals surface area contributed by atoms with E-state index < -0.39 is 0 Å². The van der Waals surface area contributed by atoms with E-state index in [1.807, 2.05) is 19.1 Å². The molecule has 0 amide bonds. The average molecular weight is 371 g/mol. The molecule has 1 aromatic carbocycles. The highest BCUT2D eigenvalue weighted by atomic mass is 35.5. The number of hydrogen-bond donors (Lipinski definition) is 1. The lowest BCUT2D eigenvalue weighted by Crippen LogP contribution is -1.93. The topological polar surface area (TPSA) is 77.8 Å². The SMILES string of the molecule is Cc1nc2sc(-c3nnc(-c4ccc(Cl)cc4)o3)c(N)c2c(C)c1C. The Labute approximate surface area is 153 Å². The zero-order valence-electron chi connectivity index (χ0n) is 13.9. The van der Waals surface area contributed by atoms with Crippen LogP contribution in [0.2, 0.25) is 5.02 Å². The Hall–Kier alpha value is -2.44. The van der Waals surface area contributed by atoms with Crippen molar-refractivity contribution < 1.29 is 4.42 Å². The number of halogens is 1. The summed E-state index contributed by atoms with van der Waals surface area (Å²) in [5.41, 5.74) is 11.1. The Morgan fingerprint density at radius 2 is 1.68 bits per heavy atom. The number of thiophene rings is 1. The van der Waals surface area contributed by atoms with Crippen molar-refractivity contribution in [2.75, 3.05) is 5.73 Å². The molecular weight excluding hydrogens is 356 g/mol. The lowest BCUT2D eigenvalue weighted by Gasteiger charge is -2.05. The first-order valence-corrected chi connectivity index (χ1v) is 8.90. The quantitative estimate of drug-likeness (QED) is 0.526. The Morgan fingerprint density at radius 1 is 1.00 bits per heavy atom. The smallest absolute Gasteiger partial charge is 0.260 e. The van der Waals surface area contributed by atoms with E-state index in [0.29, 0.717) is 22.5 Å². The van der Waals surface area contributed by atoms with Gasteiger partial charge in [0.15, 0.2) is 0 Å². The van der Waals surface area contributed by atoms with Crippen LogP contribution in [0, 0.1) is 20.8 Å². The van der Waals surface area contributed by atoms with Crippen molar-refractivity contribution in [3.8, 4) is 22.2 Å². The first-order valence-electron chi connectivity index (χ1n) is 7.71. The highest BCUT2D eigenvalue weighted by molar-refractivity contribution is 7.22. The van der Waals surface area contributed by atoms with Crippen molar-refractivity contribution in [2.24, 2.45) is 0 Å². The molecule has 7 heteroatoms. The second-order valence-electron chi connectivity index (χ2n) is 5.89. The van der Waals surface area contributed by atoms with Gasteiger partial charge in [-0.1, -0.05) is 11.6 Å². The number of anilines is 1. The molecular formula is C18H15ClN4OS. The van der Waals surface area contributed by atoms with Crippen molar-refractivity contribution >= 4 is 38.8 Å². The van der Waals surface area contributed by atoms with Crippen LogP contribution in [0.15, 0.2) is 28.7 Å². The van der Waals surface area contributed by atoms with E-state index in [-0.39, 0.29) is 0 Å². The monoisotopic (exact) mass is 370 g/mol. The first-order chi connectivity index (χ1) is 12.0. The Morgan fingerprint density at radius 3 is 2.40 bits per heavy atom. The van der Waals surface area contributed by atoms with E-state index in [1.54, 1.807) is 12.1 Å². The number of benzene rings is 1. The second kappa shape index (κ2) is 5.82. The van der Waals surface area contributed by atoms with E-state index in [4.69, 9.17) is 21.8 Å². The fraction of sp³-hybridized carbons (Fsp3) is 0.167. The fourth-order valence-electron chi connectivity index (χ4n) is 2.75. The maximum absolute atomic E-state index is 6.38. The minimum absolute atomic E-state index is 0.403. The van der Waals surface area contributed by atoms with Gasteiger partial charge in [0.1, 0.15) is 9.71 Å². The number of fused-ring (bicyclic) bond motifs is 1. The summed E-state index contributed by atoms with van der Waals surface area (Å²) in [6, 6.07) is 7.25. The molecule has 5 nitrogen and oxygen atoms in total. The first kappa shape index (κ1) is 16.1. The summed E-state index contributed by atoms with van der Waals surface area (Å²) in [6.07, 6.45) is 0. The number of nitrogens with two attached hydrogens (primary N) is 1. The molecule has 0 unspecified atom stereocenters. The minimum atomic E-state index is 0.403. The summed E-state index contributed by atoms with van der Waals surface area (Å²) in [6.45, 7) is 6.12. The van der Waals surface area contributed by atoms with Gasteiger partial charge in [0.2, 0.25) is 5.89 Å². The second-order valence-corrected chi connectivity index (χ2v) is 7.33. The summed E-state index contributed by atoms with van der Waals surface area (Å²) in [5.74, 6) is 0.834. The molecule has 126 valence electrons. The van der Waals surface area contributed by atoms with Crippen LogP contribution in [-0.2, 0) is 0 Å². The third-order valence-electron chi connectivity index (χ3n) is 4.39. The van der Waals surface area contributed by atoms with E-state index in [1.165, 1.54) is 11.3 Å². The van der Waals surface area contributed by atoms with Gasteiger partial charge in [-0.25, -0.2) is 4.98 Å². The van der Waals surface area contributed by atoms with Gasteiger partial charge in [0.05, 0.1) is 5.69 Å². The maximum atomic E-state index is 6.38. The number of aromatic nitrogens is 3. The summed E-state index contributed by atoms with van der Waals surface area (Å²) in [4.78, 5) is 6.29. The predicted octanol–water partition coefficient (Wildman–Crippen LogP) is 5.17. The molecule has 0 radical (unpaired) electrons. The van der Waals surface area contributed by atoms with Crippen LogP contribution in [0.5, 0.6) is 0 Å². The Balaban J connectivity index is 1.84. The highest BCUT2D eigenvalue weighted by Gasteiger charge is 2.21. The van der Waals surface area contributed by atoms with Crippen molar-refractivity contribution in [3.63, 3.8) is 0 Å². The highest BCUT2D eigenvalue weighted by Crippen LogP contribution is 2.42. The molecule has 0 fully saturated rings. The number of nitrogen functional groups attached to an aromatic ring is 1. The van der Waals surface area contributed by atoms with Crippen molar-refractivity contribution in [1.82, 2.24) is 15.2 Å². The van der Waals surface area contributed by atoms with Crippen LogP contribution < -0.4 is 5.73 Å². The molecule has 0 aliphatic carbocycles. The Kier molecular flexibility index (Phi) is 3.74.